The van der Waals surface area contributed by atoms with Crippen LogP contribution >= 0.6 is 11.6 Å². The first-order chi connectivity index (χ1) is 8.20. The molecule has 2 rings (SSSR count). The van der Waals surface area contributed by atoms with Gasteiger partial charge in [-0.25, -0.2) is 4.98 Å². The third kappa shape index (κ3) is 2.57. The third-order valence-electron chi connectivity index (χ3n) is 2.12. The fourth-order valence-corrected chi connectivity index (χ4v) is 1.58. The molecule has 0 saturated heterocycles. The lowest BCUT2D eigenvalue weighted by molar-refractivity contribution is 0.101. The van der Waals surface area contributed by atoms with Gasteiger partial charge < -0.3 is 15.0 Å². The molecule has 0 fully saturated rings. The fourth-order valence-electron chi connectivity index (χ4n) is 1.32. The number of imidazole rings is 1. The number of carbonyl (C=O) groups is 1. The highest BCUT2D eigenvalue weighted by atomic mass is 35.5. The van der Waals surface area contributed by atoms with E-state index >= 15 is 0 Å². The van der Waals surface area contributed by atoms with Crippen molar-refractivity contribution in [3.05, 3.63) is 41.4 Å². The zero-order valence-corrected chi connectivity index (χ0v) is 9.78. The number of H-pyrrole nitrogens is 1. The van der Waals surface area contributed by atoms with Gasteiger partial charge in [-0.2, -0.15) is 0 Å². The predicted octanol–water partition coefficient (Wildman–Crippen LogP) is 2.32. The van der Waals surface area contributed by atoms with Gasteiger partial charge in [-0.15, -0.1) is 0 Å². The van der Waals surface area contributed by atoms with E-state index in [9.17, 15) is 4.79 Å². The minimum absolute atomic E-state index is 0.247. The third-order valence-corrected chi connectivity index (χ3v) is 2.42. The van der Waals surface area contributed by atoms with Gasteiger partial charge in [0.1, 0.15) is 5.75 Å². The minimum atomic E-state index is -0.323. The molecule has 5 nitrogen and oxygen atoms in total. The monoisotopic (exact) mass is 251 g/mol. The number of hydrogen-bond donors (Lipinski definition) is 2. The summed E-state index contributed by atoms with van der Waals surface area (Å²) in [5.74, 6) is 0.482. The van der Waals surface area contributed by atoms with E-state index in [4.69, 9.17) is 16.3 Å². The van der Waals surface area contributed by atoms with Crippen molar-refractivity contribution in [2.75, 3.05) is 12.4 Å². The van der Waals surface area contributed by atoms with Crippen LogP contribution in [-0.2, 0) is 0 Å². The second-order valence-corrected chi connectivity index (χ2v) is 3.65. The molecule has 1 aromatic carbocycles. The van der Waals surface area contributed by atoms with E-state index in [1.165, 1.54) is 13.3 Å². The number of rotatable bonds is 3. The number of nitrogens with zero attached hydrogens (tertiary/aromatic N) is 1. The molecule has 0 aliphatic rings. The van der Waals surface area contributed by atoms with Gasteiger partial charge in [0, 0.05) is 18.1 Å². The van der Waals surface area contributed by atoms with Gasteiger partial charge in [0.15, 0.2) is 5.82 Å². The molecular formula is C11H10ClN3O2. The molecular weight excluding hydrogens is 242 g/mol. The van der Waals surface area contributed by atoms with E-state index in [1.54, 1.807) is 24.4 Å². The number of nitrogens with one attached hydrogen (secondary N) is 2. The number of aromatic nitrogens is 2. The van der Waals surface area contributed by atoms with E-state index in [-0.39, 0.29) is 11.7 Å². The number of carbonyl (C=O) groups excluding carboxylic acids is 1. The Morgan fingerprint density at radius 1 is 1.53 bits per heavy atom. The Hall–Kier alpha value is -2.01. The quantitative estimate of drug-likeness (QED) is 0.880. The summed E-state index contributed by atoms with van der Waals surface area (Å²) in [5.41, 5.74) is 0.581. The number of aromatic amines is 1. The van der Waals surface area contributed by atoms with Crippen LogP contribution < -0.4 is 10.1 Å². The first kappa shape index (κ1) is 11.5. The summed E-state index contributed by atoms with van der Waals surface area (Å²) in [6.45, 7) is 0. The van der Waals surface area contributed by atoms with E-state index in [2.05, 4.69) is 15.3 Å². The van der Waals surface area contributed by atoms with Crippen LogP contribution in [0.1, 0.15) is 10.6 Å². The molecule has 0 radical (unpaired) electrons. The average molecular weight is 252 g/mol. The van der Waals surface area contributed by atoms with Crippen LogP contribution in [-0.4, -0.2) is 23.0 Å². The number of hydrogen-bond acceptors (Lipinski definition) is 3. The Kier molecular flexibility index (Phi) is 3.30. The van der Waals surface area contributed by atoms with Crippen molar-refractivity contribution >= 4 is 23.2 Å². The standard InChI is InChI=1S/C11H10ClN3O2/c1-17-9-3-2-7(6-8(9)12)15-11(16)10-13-4-5-14-10/h2-6H,1H3,(H,13,14)(H,15,16). The highest BCUT2D eigenvalue weighted by molar-refractivity contribution is 6.32. The number of methoxy groups -OCH3 is 1. The molecule has 1 aromatic heterocycles. The lowest BCUT2D eigenvalue weighted by atomic mass is 10.3. The Labute approximate surface area is 103 Å². The maximum atomic E-state index is 11.7. The van der Waals surface area contributed by atoms with Crippen molar-refractivity contribution in [3.63, 3.8) is 0 Å². The molecule has 0 saturated carbocycles. The molecule has 0 bridgehead atoms. The van der Waals surface area contributed by atoms with Gasteiger partial charge in [0.25, 0.3) is 5.91 Å². The lowest BCUT2D eigenvalue weighted by Gasteiger charge is -2.06. The molecule has 0 aliphatic carbocycles. The van der Waals surface area contributed by atoms with E-state index in [0.717, 1.165) is 0 Å². The zero-order valence-electron chi connectivity index (χ0n) is 9.03. The molecule has 0 atom stereocenters. The summed E-state index contributed by atoms with van der Waals surface area (Å²) in [5, 5.41) is 3.10. The molecule has 2 aromatic rings. The van der Waals surface area contributed by atoms with Crippen LogP contribution in [0.3, 0.4) is 0 Å². The van der Waals surface area contributed by atoms with Crippen molar-refractivity contribution < 1.29 is 9.53 Å². The average Bonchev–Trinajstić information content (AvgIpc) is 2.82. The fraction of sp³-hybridized carbons (Fsp3) is 0.0909. The number of anilines is 1. The largest absolute Gasteiger partial charge is 0.495 e. The van der Waals surface area contributed by atoms with Gasteiger partial charge in [-0.1, -0.05) is 11.6 Å². The summed E-state index contributed by atoms with van der Waals surface area (Å²) in [7, 11) is 1.53. The second-order valence-electron chi connectivity index (χ2n) is 3.24. The smallest absolute Gasteiger partial charge is 0.291 e. The van der Waals surface area contributed by atoms with Gasteiger partial charge >= 0.3 is 0 Å². The van der Waals surface area contributed by atoms with Crippen LogP contribution in [0.15, 0.2) is 30.6 Å². The molecule has 88 valence electrons. The summed E-state index contributed by atoms with van der Waals surface area (Å²) < 4.78 is 5.01. The Balaban J connectivity index is 2.14. The van der Waals surface area contributed by atoms with Crippen molar-refractivity contribution in [2.24, 2.45) is 0 Å². The van der Waals surface area contributed by atoms with E-state index < -0.39 is 0 Å². The second kappa shape index (κ2) is 4.88. The van der Waals surface area contributed by atoms with E-state index in [1.807, 2.05) is 0 Å². The highest BCUT2D eigenvalue weighted by Crippen LogP contribution is 2.27. The Morgan fingerprint density at radius 3 is 2.94 bits per heavy atom. The first-order valence-electron chi connectivity index (χ1n) is 4.85. The van der Waals surface area contributed by atoms with Crippen LogP contribution in [0, 0.1) is 0 Å². The predicted molar refractivity (Wildman–Crippen MR) is 64.5 cm³/mol. The molecule has 0 aliphatic heterocycles. The Bertz CT molecular complexity index is 526. The number of benzene rings is 1. The number of ether oxygens (including phenoxy) is 1. The molecule has 0 spiro atoms. The van der Waals surface area contributed by atoms with Gasteiger partial charge in [-0.3, -0.25) is 4.79 Å². The van der Waals surface area contributed by atoms with Crippen molar-refractivity contribution in [1.82, 2.24) is 9.97 Å². The Morgan fingerprint density at radius 2 is 2.35 bits per heavy atom. The maximum Gasteiger partial charge on any atom is 0.291 e. The molecule has 1 amide bonds. The topological polar surface area (TPSA) is 67.0 Å². The highest BCUT2D eigenvalue weighted by Gasteiger charge is 2.09. The van der Waals surface area contributed by atoms with Crippen LogP contribution in [0.5, 0.6) is 5.75 Å². The van der Waals surface area contributed by atoms with Gasteiger partial charge in [0.05, 0.1) is 12.1 Å². The minimum Gasteiger partial charge on any atom is -0.495 e. The molecule has 6 heteroatoms. The summed E-state index contributed by atoms with van der Waals surface area (Å²) in [6, 6.07) is 4.99. The van der Waals surface area contributed by atoms with Crippen LogP contribution in [0.2, 0.25) is 5.02 Å². The van der Waals surface area contributed by atoms with E-state index in [0.29, 0.717) is 16.5 Å². The van der Waals surface area contributed by atoms with Crippen molar-refractivity contribution in [2.45, 2.75) is 0 Å². The summed E-state index contributed by atoms with van der Waals surface area (Å²) >= 11 is 5.94. The zero-order chi connectivity index (χ0) is 12.3. The molecule has 2 N–H and O–H groups in total. The van der Waals surface area contributed by atoms with Gasteiger partial charge in [0.2, 0.25) is 0 Å². The molecule has 1 heterocycles. The SMILES string of the molecule is COc1ccc(NC(=O)c2ncc[nH]2)cc1Cl. The van der Waals surface area contributed by atoms with Crippen molar-refractivity contribution in [1.29, 1.82) is 0 Å². The summed E-state index contributed by atoms with van der Waals surface area (Å²) in [6.07, 6.45) is 3.09. The first-order valence-corrected chi connectivity index (χ1v) is 5.23. The van der Waals surface area contributed by atoms with Crippen molar-refractivity contribution in [3.8, 4) is 5.75 Å². The molecule has 17 heavy (non-hydrogen) atoms. The van der Waals surface area contributed by atoms with Crippen LogP contribution in [0.25, 0.3) is 0 Å². The lowest BCUT2D eigenvalue weighted by Crippen LogP contribution is -2.13. The number of halogens is 1. The summed E-state index contributed by atoms with van der Waals surface area (Å²) in [4.78, 5) is 18.2. The number of amides is 1. The van der Waals surface area contributed by atoms with Gasteiger partial charge in [-0.05, 0) is 18.2 Å². The molecule has 0 unspecified atom stereocenters. The van der Waals surface area contributed by atoms with Crippen LogP contribution in [0.4, 0.5) is 5.69 Å². The normalized spacial score (nSPS) is 10.0. The maximum absolute atomic E-state index is 11.7.